The first kappa shape index (κ1) is 23.2. The van der Waals surface area contributed by atoms with Gasteiger partial charge in [0.15, 0.2) is 0 Å². The molecule has 170 valence electrons. The third kappa shape index (κ3) is 4.98. The van der Waals surface area contributed by atoms with Crippen LogP contribution in [0.3, 0.4) is 0 Å². The van der Waals surface area contributed by atoms with Crippen LogP contribution in [0.15, 0.2) is 54.6 Å². The molecule has 0 aliphatic heterocycles. The lowest BCUT2D eigenvalue weighted by Gasteiger charge is -2.24. The predicted octanol–water partition coefficient (Wildman–Crippen LogP) is 6.50. The van der Waals surface area contributed by atoms with Crippen molar-refractivity contribution >= 4 is 39.9 Å². The Morgan fingerprint density at radius 1 is 0.844 bits per heavy atom. The van der Waals surface area contributed by atoms with E-state index in [9.17, 15) is 9.46 Å². The molecule has 0 saturated carbocycles. The third-order valence-corrected chi connectivity index (χ3v) is 7.57. The molecular formula is C26H31O5P. The lowest BCUT2D eigenvalue weighted by Crippen LogP contribution is -2.27. The molecule has 0 fully saturated rings. The minimum Gasteiger partial charge on any atom is -0.376 e. The van der Waals surface area contributed by atoms with Crippen LogP contribution in [0.4, 0.5) is 0 Å². The highest BCUT2D eigenvalue weighted by Crippen LogP contribution is 2.48. The fraction of sp³-hybridized carbons (Fsp3) is 0.385. The van der Waals surface area contributed by atoms with Crippen molar-refractivity contribution in [3.63, 3.8) is 0 Å². The molecule has 0 heterocycles. The molecule has 0 amide bonds. The second kappa shape index (κ2) is 9.46. The van der Waals surface area contributed by atoms with Gasteiger partial charge in [-0.15, -0.1) is 0 Å². The van der Waals surface area contributed by atoms with Gasteiger partial charge < -0.3 is 18.9 Å². The number of rotatable bonds is 10. The van der Waals surface area contributed by atoms with Crippen LogP contribution in [0, 0.1) is 0 Å². The standard InChI is InChI=1S/C26H31O5P/c1-17(2)30-16-24(31-32(27,28)18(3)4)15-29-14-19-12-22-10-8-20-6-5-7-21-9-11-23(13-19)26(22)25(20)21/h5-13,17-18,24H,14-16H2,1-4H3,(H,27,28)/t24-/m0/s1. The molecule has 4 aromatic rings. The molecule has 32 heavy (non-hydrogen) atoms. The maximum atomic E-state index is 12.4. The Morgan fingerprint density at radius 2 is 1.41 bits per heavy atom. The van der Waals surface area contributed by atoms with Gasteiger partial charge in [0.25, 0.3) is 0 Å². The van der Waals surface area contributed by atoms with Crippen LogP contribution in [0.2, 0.25) is 0 Å². The molecule has 6 heteroatoms. The summed E-state index contributed by atoms with van der Waals surface area (Å²) in [7, 11) is -3.72. The van der Waals surface area contributed by atoms with Gasteiger partial charge in [0.2, 0.25) is 0 Å². The molecule has 0 bridgehead atoms. The third-order valence-electron chi connectivity index (χ3n) is 5.66. The molecule has 0 aliphatic carbocycles. The predicted molar refractivity (Wildman–Crippen MR) is 131 cm³/mol. The smallest absolute Gasteiger partial charge is 0.331 e. The van der Waals surface area contributed by atoms with Crippen molar-refractivity contribution < 1.29 is 23.5 Å². The first-order chi connectivity index (χ1) is 15.2. The number of ether oxygens (including phenoxy) is 2. The minimum absolute atomic E-state index is 0.00156. The van der Waals surface area contributed by atoms with Gasteiger partial charge >= 0.3 is 7.60 Å². The van der Waals surface area contributed by atoms with E-state index in [0.29, 0.717) is 6.61 Å². The molecule has 0 radical (unpaired) electrons. The van der Waals surface area contributed by atoms with E-state index in [0.717, 1.165) is 5.56 Å². The van der Waals surface area contributed by atoms with E-state index in [2.05, 4.69) is 54.6 Å². The molecule has 1 N–H and O–H groups in total. The monoisotopic (exact) mass is 454 g/mol. The van der Waals surface area contributed by atoms with Gasteiger partial charge in [-0.25, -0.2) is 0 Å². The van der Waals surface area contributed by atoms with Gasteiger partial charge in [-0.3, -0.25) is 4.57 Å². The number of benzene rings is 4. The Bertz CT molecular complexity index is 1190. The van der Waals surface area contributed by atoms with E-state index in [1.807, 2.05) is 13.8 Å². The van der Waals surface area contributed by atoms with E-state index in [-0.39, 0.29) is 19.3 Å². The van der Waals surface area contributed by atoms with E-state index < -0.39 is 19.4 Å². The van der Waals surface area contributed by atoms with Crippen LogP contribution in [0.5, 0.6) is 0 Å². The van der Waals surface area contributed by atoms with Crippen molar-refractivity contribution in [2.24, 2.45) is 0 Å². The van der Waals surface area contributed by atoms with E-state index in [4.69, 9.17) is 14.0 Å². The number of hydrogen-bond acceptors (Lipinski definition) is 4. The van der Waals surface area contributed by atoms with Crippen molar-refractivity contribution in [2.75, 3.05) is 13.2 Å². The average Bonchev–Trinajstić information content (AvgIpc) is 2.75. The summed E-state index contributed by atoms with van der Waals surface area (Å²) in [6.45, 7) is 7.95. The second-order valence-corrected chi connectivity index (χ2v) is 11.3. The Morgan fingerprint density at radius 3 is 1.97 bits per heavy atom. The van der Waals surface area contributed by atoms with Gasteiger partial charge in [0, 0.05) is 0 Å². The first-order valence-corrected chi connectivity index (χ1v) is 12.8. The van der Waals surface area contributed by atoms with Gasteiger partial charge in [-0.05, 0) is 63.9 Å². The van der Waals surface area contributed by atoms with E-state index >= 15 is 0 Å². The molecule has 0 aliphatic rings. The average molecular weight is 455 g/mol. The zero-order valence-electron chi connectivity index (χ0n) is 19.1. The maximum absolute atomic E-state index is 12.4. The van der Waals surface area contributed by atoms with Crippen LogP contribution in [0.1, 0.15) is 33.3 Å². The van der Waals surface area contributed by atoms with Crippen LogP contribution in [-0.2, 0) is 25.2 Å². The summed E-state index contributed by atoms with van der Waals surface area (Å²) in [6.07, 6.45) is -0.612. The molecule has 4 rings (SSSR count). The van der Waals surface area contributed by atoms with Gasteiger partial charge in [-0.1, -0.05) is 56.3 Å². The zero-order chi connectivity index (χ0) is 22.9. The Hall–Kier alpha value is -2.01. The fourth-order valence-corrected chi connectivity index (χ4v) is 4.75. The highest BCUT2D eigenvalue weighted by molar-refractivity contribution is 7.53. The lowest BCUT2D eigenvalue weighted by atomic mass is 9.93. The summed E-state index contributed by atoms with van der Waals surface area (Å²) >= 11 is 0. The van der Waals surface area contributed by atoms with Crippen molar-refractivity contribution in [2.45, 2.75) is 52.2 Å². The second-order valence-electron chi connectivity index (χ2n) is 8.91. The Kier molecular flexibility index (Phi) is 6.85. The Balaban J connectivity index is 1.51. The molecule has 0 aromatic heterocycles. The first-order valence-electron chi connectivity index (χ1n) is 11.1. The van der Waals surface area contributed by atoms with Gasteiger partial charge in [-0.2, -0.15) is 0 Å². The van der Waals surface area contributed by atoms with Gasteiger partial charge in [0.1, 0.15) is 6.10 Å². The van der Waals surface area contributed by atoms with E-state index in [1.54, 1.807) is 13.8 Å². The summed E-state index contributed by atoms with van der Waals surface area (Å²) in [5.41, 5.74) is 0.569. The topological polar surface area (TPSA) is 65.0 Å². The van der Waals surface area contributed by atoms with Crippen LogP contribution in [-0.4, -0.2) is 36.0 Å². The lowest BCUT2D eigenvalue weighted by molar-refractivity contribution is -0.0319. The molecular weight excluding hydrogens is 423 g/mol. The highest BCUT2D eigenvalue weighted by Gasteiger charge is 2.29. The van der Waals surface area contributed by atoms with Crippen molar-refractivity contribution in [3.05, 3.63) is 60.2 Å². The SMILES string of the molecule is CC(C)OC[C@H](COCc1cc2ccc3cccc4ccc(c1)c2c34)OP(=O)(O)C(C)C. The molecule has 1 unspecified atom stereocenters. The molecule has 0 saturated heterocycles. The summed E-state index contributed by atoms with van der Waals surface area (Å²) in [5, 5.41) is 7.42. The van der Waals surface area contributed by atoms with Crippen LogP contribution < -0.4 is 0 Å². The molecule has 0 spiro atoms. The molecule has 5 nitrogen and oxygen atoms in total. The highest BCUT2D eigenvalue weighted by atomic mass is 31.2. The Labute approximate surface area is 189 Å². The fourth-order valence-electron chi connectivity index (χ4n) is 3.95. The van der Waals surface area contributed by atoms with Crippen molar-refractivity contribution in [1.82, 2.24) is 0 Å². The van der Waals surface area contributed by atoms with Crippen molar-refractivity contribution in [3.8, 4) is 0 Å². The number of hydrogen-bond donors (Lipinski definition) is 1. The quantitative estimate of drug-likeness (QED) is 0.219. The van der Waals surface area contributed by atoms with Gasteiger partial charge in [0.05, 0.1) is 31.6 Å². The van der Waals surface area contributed by atoms with Crippen molar-refractivity contribution in [1.29, 1.82) is 0 Å². The van der Waals surface area contributed by atoms with Crippen LogP contribution >= 0.6 is 7.60 Å². The normalized spacial score (nSPS) is 15.3. The van der Waals surface area contributed by atoms with E-state index in [1.165, 1.54) is 32.3 Å². The zero-order valence-corrected chi connectivity index (χ0v) is 20.0. The van der Waals surface area contributed by atoms with Crippen LogP contribution in [0.25, 0.3) is 32.3 Å². The summed E-state index contributed by atoms with van der Waals surface area (Å²) in [4.78, 5) is 10.1. The summed E-state index contributed by atoms with van der Waals surface area (Å²) < 4.78 is 29.4. The molecule has 4 aromatic carbocycles. The summed E-state index contributed by atoms with van der Waals surface area (Å²) in [5.74, 6) is 0. The summed E-state index contributed by atoms with van der Waals surface area (Å²) in [6, 6.07) is 19.3. The molecule has 2 atom stereocenters. The minimum atomic E-state index is -3.72. The largest absolute Gasteiger partial charge is 0.376 e. The maximum Gasteiger partial charge on any atom is 0.331 e.